The fourth-order valence-corrected chi connectivity index (χ4v) is 5.04. The van der Waals surface area contributed by atoms with Crippen LogP contribution in [-0.2, 0) is 37.3 Å². The first-order valence-corrected chi connectivity index (χ1v) is 13.8. The van der Waals surface area contributed by atoms with Crippen molar-refractivity contribution in [1.82, 2.24) is 4.98 Å². The number of ketones is 1. The van der Waals surface area contributed by atoms with E-state index in [0.29, 0.717) is 32.4 Å². The van der Waals surface area contributed by atoms with Crippen LogP contribution in [0.4, 0.5) is 0 Å². The number of halogens is 2. The van der Waals surface area contributed by atoms with Gasteiger partial charge in [-0.05, 0) is 47.5 Å². The van der Waals surface area contributed by atoms with Crippen LogP contribution < -0.4 is 0 Å². The number of pyridine rings is 1. The predicted octanol–water partition coefficient (Wildman–Crippen LogP) is 4.22. The van der Waals surface area contributed by atoms with Crippen LogP contribution in [0.15, 0.2) is 64.5 Å². The number of Topliss-reactive ketones (excluding diaryl/α,β-unsaturated/α-hetero) is 1. The molecular formula is C22H19Cl2NO5S2. The lowest BCUT2D eigenvalue weighted by Crippen LogP contribution is -2.08. The van der Waals surface area contributed by atoms with E-state index in [4.69, 9.17) is 23.2 Å². The third-order valence-electron chi connectivity index (χ3n) is 4.68. The highest BCUT2D eigenvalue weighted by atomic mass is 35.5. The number of sulfone groups is 2. The van der Waals surface area contributed by atoms with Gasteiger partial charge < -0.3 is 0 Å². The highest BCUT2D eigenvalue weighted by Gasteiger charge is 2.15. The molecule has 1 aromatic heterocycles. The fourth-order valence-electron chi connectivity index (χ4n) is 3.10. The molecule has 10 heteroatoms. The summed E-state index contributed by atoms with van der Waals surface area (Å²) in [6.45, 7) is 0. The Balaban J connectivity index is 1.77. The van der Waals surface area contributed by atoms with Gasteiger partial charge in [-0.2, -0.15) is 0 Å². The van der Waals surface area contributed by atoms with Crippen LogP contribution in [0.25, 0.3) is 11.1 Å². The summed E-state index contributed by atoms with van der Waals surface area (Å²) in [7, 11) is -6.67. The molecule has 0 aliphatic rings. The van der Waals surface area contributed by atoms with Crippen molar-refractivity contribution in [2.45, 2.75) is 22.6 Å². The van der Waals surface area contributed by atoms with E-state index in [0.717, 1.165) is 12.5 Å². The zero-order valence-electron chi connectivity index (χ0n) is 17.2. The van der Waals surface area contributed by atoms with Gasteiger partial charge >= 0.3 is 0 Å². The van der Waals surface area contributed by atoms with Crippen molar-refractivity contribution < 1.29 is 21.6 Å². The van der Waals surface area contributed by atoms with Crippen molar-refractivity contribution in [2.75, 3.05) is 12.5 Å². The number of nitrogens with zero attached hydrogens (tertiary/aromatic N) is 1. The van der Waals surface area contributed by atoms with Gasteiger partial charge in [0.2, 0.25) is 0 Å². The molecule has 3 aromatic rings. The van der Waals surface area contributed by atoms with E-state index in [2.05, 4.69) is 4.98 Å². The average molecular weight is 512 g/mol. The van der Waals surface area contributed by atoms with Gasteiger partial charge in [0, 0.05) is 42.8 Å². The second-order valence-corrected chi connectivity index (χ2v) is 12.2. The zero-order chi connectivity index (χ0) is 23.7. The largest absolute Gasteiger partial charge is 0.299 e. The summed E-state index contributed by atoms with van der Waals surface area (Å²) in [5.74, 6) is -0.137. The Morgan fingerprint density at radius 2 is 1.34 bits per heavy atom. The maximum absolute atomic E-state index is 12.5. The molecule has 1 heterocycles. The van der Waals surface area contributed by atoms with Crippen LogP contribution in [0.5, 0.6) is 0 Å². The van der Waals surface area contributed by atoms with Gasteiger partial charge in [-0.3, -0.25) is 9.78 Å². The van der Waals surface area contributed by atoms with E-state index in [1.165, 1.54) is 30.5 Å². The highest BCUT2D eigenvalue weighted by molar-refractivity contribution is 7.91. The van der Waals surface area contributed by atoms with Gasteiger partial charge in [-0.25, -0.2) is 16.8 Å². The van der Waals surface area contributed by atoms with Crippen molar-refractivity contribution in [1.29, 1.82) is 0 Å². The van der Waals surface area contributed by atoms with Crippen molar-refractivity contribution in [3.63, 3.8) is 0 Å². The third-order valence-corrected chi connectivity index (χ3v) is 7.50. The van der Waals surface area contributed by atoms with Gasteiger partial charge in [0.25, 0.3) is 0 Å². The van der Waals surface area contributed by atoms with Crippen LogP contribution in [0, 0.1) is 0 Å². The number of aromatic nitrogens is 1. The molecule has 0 atom stereocenters. The summed E-state index contributed by atoms with van der Waals surface area (Å²) < 4.78 is 46.3. The maximum atomic E-state index is 12.5. The van der Waals surface area contributed by atoms with E-state index in [1.807, 2.05) is 0 Å². The number of hydrogen-bond acceptors (Lipinski definition) is 6. The summed E-state index contributed by atoms with van der Waals surface area (Å²) in [4.78, 5) is 16.8. The van der Waals surface area contributed by atoms with Gasteiger partial charge in [-0.1, -0.05) is 35.3 Å². The molecule has 0 unspecified atom stereocenters. The lowest BCUT2D eigenvalue weighted by atomic mass is 10.0. The summed E-state index contributed by atoms with van der Waals surface area (Å²) >= 11 is 12.8. The molecule has 3 rings (SSSR count). The second-order valence-electron chi connectivity index (χ2n) is 7.38. The molecule has 0 aliphatic carbocycles. The fraction of sp³-hybridized carbons (Fsp3) is 0.182. The average Bonchev–Trinajstić information content (AvgIpc) is 2.67. The highest BCUT2D eigenvalue weighted by Crippen LogP contribution is 2.36. The molecule has 2 aromatic carbocycles. The molecule has 32 heavy (non-hydrogen) atoms. The summed E-state index contributed by atoms with van der Waals surface area (Å²) in [6, 6.07) is 12.4. The van der Waals surface area contributed by atoms with Crippen molar-refractivity contribution >= 4 is 48.7 Å². The molecule has 0 aliphatic heterocycles. The van der Waals surface area contributed by atoms with Gasteiger partial charge in [-0.15, -0.1) is 0 Å². The first-order chi connectivity index (χ1) is 14.8. The summed E-state index contributed by atoms with van der Waals surface area (Å²) in [5.41, 5.74) is 2.28. The molecular weight excluding hydrogens is 493 g/mol. The van der Waals surface area contributed by atoms with Gasteiger partial charge in [0.1, 0.15) is 5.78 Å². The molecule has 0 radical (unpaired) electrons. The Hall–Kier alpha value is -2.26. The number of benzene rings is 2. The Bertz CT molecular complexity index is 1360. The molecule has 0 fully saturated rings. The second kappa shape index (κ2) is 9.31. The standard InChI is InChI=1S/C22H19Cl2NO5S2/c1-31(27,28)18-6-3-15(4-7-18)22-20(23)10-14(11-21(22)24)9-17(26)12-16-5-8-19(13-25-16)32(2,29)30/h3-8,10-11,13H,9,12H2,1-2H3. The van der Waals surface area contributed by atoms with Crippen molar-refractivity contribution in [3.05, 3.63) is 76.0 Å². The molecule has 0 spiro atoms. The minimum atomic E-state index is -3.35. The third kappa shape index (κ3) is 5.95. The van der Waals surface area contributed by atoms with Crippen LogP contribution in [0.1, 0.15) is 11.3 Å². The SMILES string of the molecule is CS(=O)(=O)c1ccc(-c2c(Cl)cc(CC(=O)Cc3ccc(S(C)(=O)=O)cn3)cc2Cl)cc1. The number of rotatable bonds is 7. The molecule has 0 amide bonds. The van der Waals surface area contributed by atoms with E-state index in [9.17, 15) is 21.6 Å². The Morgan fingerprint density at radius 1 is 0.812 bits per heavy atom. The zero-order valence-corrected chi connectivity index (χ0v) is 20.3. The lowest BCUT2D eigenvalue weighted by Gasteiger charge is -2.11. The van der Waals surface area contributed by atoms with E-state index < -0.39 is 19.7 Å². The van der Waals surface area contributed by atoms with Crippen LogP contribution in [0.2, 0.25) is 10.0 Å². The molecule has 0 bridgehead atoms. The first-order valence-electron chi connectivity index (χ1n) is 9.29. The number of hydrogen-bond donors (Lipinski definition) is 0. The molecule has 0 saturated heterocycles. The van der Waals surface area contributed by atoms with Crippen molar-refractivity contribution in [3.8, 4) is 11.1 Å². The lowest BCUT2D eigenvalue weighted by molar-refractivity contribution is -0.117. The Labute approximate surface area is 197 Å². The van der Waals surface area contributed by atoms with E-state index in [1.54, 1.807) is 24.3 Å². The molecule has 6 nitrogen and oxygen atoms in total. The first kappa shape index (κ1) is 24.4. The minimum Gasteiger partial charge on any atom is -0.299 e. The van der Waals surface area contributed by atoms with E-state index in [-0.39, 0.29) is 28.4 Å². The molecule has 0 N–H and O–H groups in total. The Kier molecular flexibility index (Phi) is 7.09. The van der Waals surface area contributed by atoms with Crippen molar-refractivity contribution in [2.24, 2.45) is 0 Å². The topological polar surface area (TPSA) is 98.2 Å². The summed E-state index contributed by atoms with van der Waals surface area (Å²) in [5, 5.41) is 0.672. The molecule has 0 saturated carbocycles. The minimum absolute atomic E-state index is 0.0357. The monoisotopic (exact) mass is 511 g/mol. The van der Waals surface area contributed by atoms with Crippen LogP contribution >= 0.6 is 23.2 Å². The van der Waals surface area contributed by atoms with E-state index >= 15 is 0 Å². The Morgan fingerprint density at radius 3 is 1.81 bits per heavy atom. The molecule has 168 valence electrons. The number of carbonyl (C=O) groups is 1. The van der Waals surface area contributed by atoms with Gasteiger partial charge in [0.05, 0.1) is 19.8 Å². The van der Waals surface area contributed by atoms with Crippen LogP contribution in [-0.4, -0.2) is 40.1 Å². The maximum Gasteiger partial charge on any atom is 0.177 e. The van der Waals surface area contributed by atoms with Gasteiger partial charge in [0.15, 0.2) is 19.7 Å². The normalized spacial score (nSPS) is 12.0. The summed E-state index contributed by atoms with van der Waals surface area (Å²) in [6.07, 6.45) is 3.56. The quantitative estimate of drug-likeness (QED) is 0.470. The number of carbonyl (C=O) groups excluding carboxylic acids is 1. The smallest absolute Gasteiger partial charge is 0.177 e. The van der Waals surface area contributed by atoms with Crippen LogP contribution in [0.3, 0.4) is 0 Å². The predicted molar refractivity (Wildman–Crippen MR) is 125 cm³/mol.